The maximum absolute atomic E-state index is 15.9. The fraction of sp³-hybridized carbons (Fsp3) is 0.478. The van der Waals surface area contributed by atoms with Gasteiger partial charge in [-0.05, 0) is 51.6 Å². The number of halogens is 1. The Morgan fingerprint density at radius 1 is 1.38 bits per heavy atom. The van der Waals surface area contributed by atoms with E-state index in [1.807, 2.05) is 0 Å². The molecule has 6 atom stereocenters. The Labute approximate surface area is 228 Å². The number of anilines is 1. The van der Waals surface area contributed by atoms with Crippen LogP contribution < -0.4 is 20.9 Å². The maximum atomic E-state index is 15.9. The predicted molar refractivity (Wildman–Crippen MR) is 143 cm³/mol. The van der Waals surface area contributed by atoms with Crippen molar-refractivity contribution in [2.75, 3.05) is 12.3 Å². The van der Waals surface area contributed by atoms with E-state index in [1.165, 1.54) is 10.9 Å². The minimum Gasteiger partial charge on any atom is -0.462 e. The van der Waals surface area contributed by atoms with E-state index in [0.717, 1.165) is 6.92 Å². The number of imidazole rings is 1. The highest BCUT2D eigenvalue weighted by Crippen LogP contribution is 2.48. The highest BCUT2D eigenvalue weighted by Gasteiger charge is 2.55. The third-order valence-electron chi connectivity index (χ3n) is 5.86. The molecule has 1 aliphatic heterocycles. The lowest BCUT2D eigenvalue weighted by molar-refractivity contribution is -0.149. The van der Waals surface area contributed by atoms with Gasteiger partial charge in [0.15, 0.2) is 23.1 Å². The van der Waals surface area contributed by atoms with Crippen molar-refractivity contribution in [3.63, 3.8) is 0 Å². The summed E-state index contributed by atoms with van der Waals surface area (Å²) in [6.45, 7) is 2.24. The van der Waals surface area contributed by atoms with Crippen LogP contribution in [0.5, 0.6) is 5.75 Å². The summed E-state index contributed by atoms with van der Waals surface area (Å²) in [5.74, 6) is -0.386. The second-order valence-electron chi connectivity index (χ2n) is 9.43. The van der Waals surface area contributed by atoms with Gasteiger partial charge >= 0.3 is 12.6 Å². The topological polar surface area (TPSA) is 176 Å². The normalized spacial score (nSPS) is 25.5. The Morgan fingerprint density at radius 2 is 2.08 bits per heavy atom. The number of ether oxygens (including phenoxy) is 2. The Bertz CT molecular complexity index is 1440. The van der Waals surface area contributed by atoms with Crippen molar-refractivity contribution >= 4 is 41.5 Å². The Kier molecular flexibility index (Phi) is 8.40. The molecule has 212 valence electrons. The number of hydrogen-bond donors (Lipinski definition) is 4. The van der Waals surface area contributed by atoms with Gasteiger partial charge in [0.1, 0.15) is 24.0 Å². The van der Waals surface area contributed by atoms with Crippen molar-refractivity contribution in [3.8, 4) is 5.75 Å². The number of aliphatic hydroxyl groups excluding tert-OH is 1. The van der Waals surface area contributed by atoms with E-state index < -0.39 is 54.9 Å². The molecule has 39 heavy (non-hydrogen) atoms. The fourth-order valence-electron chi connectivity index (χ4n) is 3.97. The van der Waals surface area contributed by atoms with E-state index in [1.54, 1.807) is 51.1 Å². The molecule has 16 heteroatoms. The molecule has 0 spiro atoms. The van der Waals surface area contributed by atoms with Crippen molar-refractivity contribution in [2.45, 2.75) is 63.9 Å². The lowest BCUT2D eigenvalue weighted by Gasteiger charge is -2.28. The monoisotopic (exact) mass is 584 g/mol. The van der Waals surface area contributed by atoms with Gasteiger partial charge in [-0.1, -0.05) is 18.2 Å². The minimum atomic E-state index is -3.47. The molecule has 1 saturated heterocycles. The first kappa shape index (κ1) is 29.1. The number of carbonyl (C=O) groups is 1. The molecule has 0 bridgehead atoms. The Hall–Kier alpha value is -2.94. The van der Waals surface area contributed by atoms with Crippen molar-refractivity contribution in [1.29, 1.82) is 0 Å². The van der Waals surface area contributed by atoms with Gasteiger partial charge in [0, 0.05) is 0 Å². The molecule has 3 heterocycles. The van der Waals surface area contributed by atoms with Gasteiger partial charge in [-0.15, -0.1) is 0 Å². The standard InChI is InChI=1S/C23H30FN6O7PS/c1-12(2)35-20(33)13(3)29-38(39,37-14-8-6-5-7-9-14)34-10-15-17(31)23(4,24)21(36-15)30-11-26-16-18(30)27-22(25)28-19(16)32/h5-9,11-13,15,17,21,31H,10H2,1-4H3,(H,29,39)(H3,25,27,28,32). The Balaban J connectivity index is 1.56. The summed E-state index contributed by atoms with van der Waals surface area (Å²) in [5.41, 5.74) is 2.59. The van der Waals surface area contributed by atoms with E-state index in [2.05, 4.69) is 20.0 Å². The number of fused-ring (bicyclic) bond motifs is 1. The SMILES string of the molecule is CC(C)OC(=O)C(C)NP(=S)(OCC1OC(n2cnc3c(=O)[nH]c(N)nc32)C(C)(F)C1O)Oc1ccccc1. The lowest BCUT2D eigenvalue weighted by Crippen LogP contribution is -2.41. The molecule has 2 aromatic heterocycles. The van der Waals surface area contributed by atoms with Gasteiger partial charge in [0.05, 0.1) is 19.0 Å². The largest absolute Gasteiger partial charge is 0.462 e. The van der Waals surface area contributed by atoms with Gasteiger partial charge in [-0.25, -0.2) is 14.5 Å². The van der Waals surface area contributed by atoms with Crippen LogP contribution in [0.15, 0.2) is 41.5 Å². The molecule has 3 aromatic rings. The highest BCUT2D eigenvalue weighted by atomic mass is 32.5. The van der Waals surface area contributed by atoms with Crippen molar-refractivity contribution in [3.05, 3.63) is 47.0 Å². The summed E-state index contributed by atoms with van der Waals surface area (Å²) in [4.78, 5) is 34.9. The number of aromatic nitrogens is 4. The van der Waals surface area contributed by atoms with Crippen LogP contribution in [0.3, 0.4) is 0 Å². The van der Waals surface area contributed by atoms with Crippen LogP contribution in [-0.2, 0) is 30.6 Å². The van der Waals surface area contributed by atoms with Gasteiger partial charge in [-0.2, -0.15) is 4.98 Å². The van der Waals surface area contributed by atoms with E-state index in [0.29, 0.717) is 5.75 Å². The minimum absolute atomic E-state index is 0.0180. The number of para-hydroxylation sites is 1. The molecule has 13 nitrogen and oxygen atoms in total. The second-order valence-corrected chi connectivity index (χ2v) is 12.6. The molecule has 0 saturated carbocycles. The molecule has 0 amide bonds. The van der Waals surface area contributed by atoms with E-state index >= 15 is 4.39 Å². The molecule has 6 unspecified atom stereocenters. The molecule has 0 aliphatic carbocycles. The van der Waals surface area contributed by atoms with Crippen LogP contribution in [0.1, 0.15) is 33.9 Å². The predicted octanol–water partition coefficient (Wildman–Crippen LogP) is 1.94. The number of carbonyl (C=O) groups excluding carboxylic acids is 1. The van der Waals surface area contributed by atoms with Gasteiger partial charge < -0.3 is 29.4 Å². The average Bonchev–Trinajstić information content (AvgIpc) is 3.36. The summed E-state index contributed by atoms with van der Waals surface area (Å²) in [5, 5.41) is 13.7. The summed E-state index contributed by atoms with van der Waals surface area (Å²) in [7, 11) is 0. The summed E-state index contributed by atoms with van der Waals surface area (Å²) >= 11 is 5.66. The molecular weight excluding hydrogens is 554 g/mol. The van der Waals surface area contributed by atoms with Crippen LogP contribution in [-0.4, -0.2) is 67.2 Å². The third kappa shape index (κ3) is 6.29. The molecule has 5 N–H and O–H groups in total. The molecular formula is C23H30FN6O7PS. The smallest absolute Gasteiger partial charge is 0.323 e. The number of nitrogens with zero attached hydrogens (tertiary/aromatic N) is 3. The summed E-state index contributed by atoms with van der Waals surface area (Å²) in [6, 6.07) is 7.66. The zero-order valence-corrected chi connectivity index (χ0v) is 23.3. The van der Waals surface area contributed by atoms with E-state index in [4.69, 9.17) is 36.1 Å². The number of nitrogens with two attached hydrogens (primary N) is 1. The van der Waals surface area contributed by atoms with Crippen LogP contribution >= 0.6 is 6.64 Å². The van der Waals surface area contributed by atoms with Crippen LogP contribution in [0, 0.1) is 0 Å². The fourth-order valence-corrected chi connectivity index (χ4v) is 6.39. The first-order valence-electron chi connectivity index (χ1n) is 12.0. The number of alkyl halides is 1. The number of nitrogens with one attached hydrogen (secondary N) is 2. The number of benzene rings is 1. The number of aliphatic hydroxyl groups is 1. The summed E-state index contributed by atoms with van der Waals surface area (Å²) < 4.78 is 40.0. The van der Waals surface area contributed by atoms with E-state index in [-0.39, 0.29) is 23.2 Å². The number of aromatic amines is 1. The zero-order valence-electron chi connectivity index (χ0n) is 21.6. The maximum Gasteiger partial charge on any atom is 0.323 e. The number of esters is 1. The van der Waals surface area contributed by atoms with Crippen molar-refractivity contribution in [2.24, 2.45) is 0 Å². The average molecular weight is 585 g/mol. The molecule has 0 radical (unpaired) electrons. The van der Waals surface area contributed by atoms with Gasteiger partial charge in [0.25, 0.3) is 5.56 Å². The van der Waals surface area contributed by atoms with Crippen LogP contribution in [0.4, 0.5) is 10.3 Å². The lowest BCUT2D eigenvalue weighted by atomic mass is 9.98. The first-order valence-corrected chi connectivity index (χ1v) is 14.7. The van der Waals surface area contributed by atoms with E-state index in [9.17, 15) is 14.7 Å². The number of rotatable bonds is 10. The second kappa shape index (κ2) is 11.3. The Morgan fingerprint density at radius 3 is 2.74 bits per heavy atom. The number of nitrogen functional groups attached to an aromatic ring is 1. The first-order chi connectivity index (χ1) is 18.3. The number of H-pyrrole nitrogens is 1. The molecule has 1 fully saturated rings. The highest BCUT2D eigenvalue weighted by molar-refractivity contribution is 8.09. The van der Waals surface area contributed by atoms with Crippen molar-refractivity contribution < 1.29 is 32.8 Å². The zero-order chi connectivity index (χ0) is 28.5. The molecule has 4 rings (SSSR count). The van der Waals surface area contributed by atoms with Gasteiger partial charge in [-0.3, -0.25) is 19.1 Å². The third-order valence-corrected chi connectivity index (χ3v) is 8.35. The van der Waals surface area contributed by atoms with Crippen LogP contribution in [0.25, 0.3) is 11.2 Å². The molecule has 1 aliphatic rings. The summed E-state index contributed by atoms with van der Waals surface area (Å²) in [6.07, 6.45) is -3.50. The molecule has 1 aromatic carbocycles. The van der Waals surface area contributed by atoms with Crippen LogP contribution in [0.2, 0.25) is 0 Å². The van der Waals surface area contributed by atoms with Gasteiger partial charge in [0.2, 0.25) is 5.95 Å². The quantitative estimate of drug-likeness (QED) is 0.202. The van der Waals surface area contributed by atoms with Crippen molar-refractivity contribution in [1.82, 2.24) is 24.6 Å². The number of hydrogen-bond acceptors (Lipinski definition) is 11.